The highest BCUT2D eigenvalue weighted by molar-refractivity contribution is 5.47. The van der Waals surface area contributed by atoms with E-state index in [-0.39, 0.29) is 0 Å². The fourth-order valence-electron chi connectivity index (χ4n) is 2.50. The van der Waals surface area contributed by atoms with Crippen molar-refractivity contribution in [3.8, 4) is 5.88 Å². The molecule has 0 bridgehead atoms. The molecule has 100 valence electrons. The molecule has 4 nitrogen and oxygen atoms in total. The summed E-state index contributed by atoms with van der Waals surface area (Å²) in [6.45, 7) is 7.20. The van der Waals surface area contributed by atoms with Crippen molar-refractivity contribution in [3.63, 3.8) is 0 Å². The Labute approximate surface area is 109 Å². The minimum absolute atomic E-state index is 0.307. The lowest BCUT2D eigenvalue weighted by Gasteiger charge is -2.29. The molecule has 0 amide bonds. The standard InChI is InChI=1S/C14H23N3O/c1-4-15-13-11(3)14(17-9-16-13)18-12-8-6-5-7-10(12)2/h9-10,12H,4-8H2,1-3H3,(H,15,16,17). The Morgan fingerprint density at radius 2 is 2.11 bits per heavy atom. The zero-order chi connectivity index (χ0) is 13.0. The van der Waals surface area contributed by atoms with Crippen LogP contribution in [0.5, 0.6) is 5.88 Å². The maximum Gasteiger partial charge on any atom is 0.221 e. The van der Waals surface area contributed by atoms with Crippen LogP contribution >= 0.6 is 0 Å². The summed E-state index contributed by atoms with van der Waals surface area (Å²) >= 11 is 0. The molecule has 1 fully saturated rings. The summed E-state index contributed by atoms with van der Waals surface area (Å²) in [4.78, 5) is 8.51. The van der Waals surface area contributed by atoms with E-state index in [0.29, 0.717) is 12.0 Å². The highest BCUT2D eigenvalue weighted by Crippen LogP contribution is 2.29. The van der Waals surface area contributed by atoms with Crippen LogP contribution in [-0.2, 0) is 0 Å². The van der Waals surface area contributed by atoms with Gasteiger partial charge in [0.15, 0.2) is 0 Å². The fraction of sp³-hybridized carbons (Fsp3) is 0.714. The number of nitrogens with one attached hydrogen (secondary N) is 1. The molecule has 2 atom stereocenters. The van der Waals surface area contributed by atoms with Crippen molar-refractivity contribution in [1.29, 1.82) is 0 Å². The Bertz CT molecular complexity index is 395. The van der Waals surface area contributed by atoms with Crippen LogP contribution in [0.4, 0.5) is 5.82 Å². The first-order chi connectivity index (χ1) is 8.72. The number of hydrogen-bond acceptors (Lipinski definition) is 4. The SMILES string of the molecule is CCNc1ncnc(OC2CCCCC2C)c1C. The molecule has 1 aliphatic rings. The highest BCUT2D eigenvalue weighted by Gasteiger charge is 2.24. The Balaban J connectivity index is 2.10. The quantitative estimate of drug-likeness (QED) is 0.890. The lowest BCUT2D eigenvalue weighted by molar-refractivity contribution is 0.0967. The summed E-state index contributed by atoms with van der Waals surface area (Å²) in [6.07, 6.45) is 6.87. The molecule has 18 heavy (non-hydrogen) atoms. The average Bonchev–Trinajstić information content (AvgIpc) is 2.37. The number of hydrogen-bond donors (Lipinski definition) is 1. The highest BCUT2D eigenvalue weighted by atomic mass is 16.5. The second kappa shape index (κ2) is 6.03. The van der Waals surface area contributed by atoms with Gasteiger partial charge in [0, 0.05) is 6.54 Å². The van der Waals surface area contributed by atoms with Crippen molar-refractivity contribution >= 4 is 5.82 Å². The van der Waals surface area contributed by atoms with Gasteiger partial charge in [-0.2, -0.15) is 0 Å². The molecule has 4 heteroatoms. The minimum atomic E-state index is 0.307. The summed E-state index contributed by atoms with van der Waals surface area (Å²) in [5, 5.41) is 3.23. The smallest absolute Gasteiger partial charge is 0.221 e. The van der Waals surface area contributed by atoms with Gasteiger partial charge in [0.2, 0.25) is 5.88 Å². The topological polar surface area (TPSA) is 47.0 Å². The van der Waals surface area contributed by atoms with Gasteiger partial charge >= 0.3 is 0 Å². The number of aromatic nitrogens is 2. The van der Waals surface area contributed by atoms with Crippen LogP contribution in [0.15, 0.2) is 6.33 Å². The van der Waals surface area contributed by atoms with Crippen LogP contribution in [-0.4, -0.2) is 22.6 Å². The largest absolute Gasteiger partial charge is 0.474 e. The number of anilines is 1. The number of ether oxygens (including phenoxy) is 1. The van der Waals surface area contributed by atoms with Gasteiger partial charge in [0.1, 0.15) is 18.2 Å². The maximum atomic E-state index is 6.09. The summed E-state index contributed by atoms with van der Waals surface area (Å²) in [5.41, 5.74) is 1.01. The van der Waals surface area contributed by atoms with Gasteiger partial charge in [-0.3, -0.25) is 0 Å². The van der Waals surface area contributed by atoms with E-state index in [1.54, 1.807) is 6.33 Å². The molecular formula is C14H23N3O. The van der Waals surface area contributed by atoms with Crippen molar-refractivity contribution in [2.45, 2.75) is 52.6 Å². The number of rotatable bonds is 4. The van der Waals surface area contributed by atoms with E-state index in [2.05, 4.69) is 29.1 Å². The lowest BCUT2D eigenvalue weighted by atomic mass is 9.88. The monoisotopic (exact) mass is 249 g/mol. The Morgan fingerprint density at radius 3 is 2.83 bits per heavy atom. The molecule has 1 saturated carbocycles. The molecular weight excluding hydrogens is 226 g/mol. The molecule has 0 spiro atoms. The zero-order valence-corrected chi connectivity index (χ0v) is 11.6. The minimum Gasteiger partial charge on any atom is -0.474 e. The molecule has 0 radical (unpaired) electrons. The van der Waals surface area contributed by atoms with Crippen LogP contribution in [0.2, 0.25) is 0 Å². The van der Waals surface area contributed by atoms with Crippen LogP contribution in [0.1, 0.15) is 45.1 Å². The second-order valence-electron chi connectivity index (χ2n) is 5.10. The number of nitrogens with zero attached hydrogens (tertiary/aromatic N) is 2. The molecule has 2 unspecified atom stereocenters. The molecule has 1 aromatic rings. The van der Waals surface area contributed by atoms with Gasteiger partial charge in [-0.05, 0) is 39.0 Å². The maximum absolute atomic E-state index is 6.09. The van der Waals surface area contributed by atoms with Crippen LogP contribution in [0.25, 0.3) is 0 Å². The van der Waals surface area contributed by atoms with E-state index in [0.717, 1.165) is 30.2 Å². The molecule has 0 saturated heterocycles. The first-order valence-electron chi connectivity index (χ1n) is 6.94. The Kier molecular flexibility index (Phi) is 4.39. The first-order valence-corrected chi connectivity index (χ1v) is 6.94. The molecule has 2 rings (SSSR count). The van der Waals surface area contributed by atoms with E-state index in [1.165, 1.54) is 19.3 Å². The zero-order valence-electron chi connectivity index (χ0n) is 11.6. The lowest BCUT2D eigenvalue weighted by Crippen LogP contribution is -2.29. The van der Waals surface area contributed by atoms with E-state index in [4.69, 9.17) is 4.74 Å². The van der Waals surface area contributed by atoms with Crippen molar-refractivity contribution in [1.82, 2.24) is 9.97 Å². The van der Waals surface area contributed by atoms with Crippen molar-refractivity contribution in [2.24, 2.45) is 5.92 Å². The van der Waals surface area contributed by atoms with E-state index >= 15 is 0 Å². The first kappa shape index (κ1) is 13.1. The summed E-state index contributed by atoms with van der Waals surface area (Å²) in [7, 11) is 0. The molecule has 1 N–H and O–H groups in total. The van der Waals surface area contributed by atoms with Crippen LogP contribution in [0.3, 0.4) is 0 Å². The van der Waals surface area contributed by atoms with Crippen molar-refractivity contribution in [3.05, 3.63) is 11.9 Å². The van der Waals surface area contributed by atoms with Crippen molar-refractivity contribution < 1.29 is 4.74 Å². The predicted octanol–water partition coefficient (Wildman–Crippen LogP) is 3.17. The second-order valence-corrected chi connectivity index (χ2v) is 5.10. The Morgan fingerprint density at radius 1 is 1.33 bits per heavy atom. The van der Waals surface area contributed by atoms with Gasteiger partial charge < -0.3 is 10.1 Å². The Hall–Kier alpha value is -1.32. The van der Waals surface area contributed by atoms with Gasteiger partial charge in [-0.1, -0.05) is 13.3 Å². The molecule has 0 aromatic carbocycles. The third-order valence-corrected chi connectivity index (χ3v) is 3.68. The van der Waals surface area contributed by atoms with Crippen LogP contribution < -0.4 is 10.1 Å². The summed E-state index contributed by atoms with van der Waals surface area (Å²) < 4.78 is 6.09. The molecule has 1 aliphatic carbocycles. The molecule has 1 aromatic heterocycles. The fourth-order valence-corrected chi connectivity index (χ4v) is 2.50. The average molecular weight is 249 g/mol. The summed E-state index contributed by atoms with van der Waals surface area (Å²) in [5.74, 6) is 2.24. The molecule has 1 heterocycles. The van der Waals surface area contributed by atoms with E-state index in [9.17, 15) is 0 Å². The van der Waals surface area contributed by atoms with Gasteiger partial charge in [0.05, 0.1) is 5.56 Å². The third-order valence-electron chi connectivity index (χ3n) is 3.68. The summed E-state index contributed by atoms with van der Waals surface area (Å²) in [6, 6.07) is 0. The van der Waals surface area contributed by atoms with Gasteiger partial charge in [0.25, 0.3) is 0 Å². The normalized spacial score (nSPS) is 23.7. The van der Waals surface area contributed by atoms with E-state index < -0.39 is 0 Å². The van der Waals surface area contributed by atoms with Gasteiger partial charge in [-0.25, -0.2) is 9.97 Å². The van der Waals surface area contributed by atoms with Gasteiger partial charge in [-0.15, -0.1) is 0 Å². The van der Waals surface area contributed by atoms with Crippen LogP contribution in [0, 0.1) is 12.8 Å². The molecule has 0 aliphatic heterocycles. The third kappa shape index (κ3) is 2.92. The predicted molar refractivity (Wildman–Crippen MR) is 73.0 cm³/mol. The van der Waals surface area contributed by atoms with E-state index in [1.807, 2.05) is 6.92 Å². The van der Waals surface area contributed by atoms with Crippen molar-refractivity contribution in [2.75, 3.05) is 11.9 Å².